The lowest BCUT2D eigenvalue weighted by molar-refractivity contribution is 0.662. The summed E-state index contributed by atoms with van der Waals surface area (Å²) in [5, 5.41) is 12.9. The van der Waals surface area contributed by atoms with E-state index in [9.17, 15) is 0 Å². The van der Waals surface area contributed by atoms with Crippen molar-refractivity contribution in [1.29, 1.82) is 0 Å². The fourth-order valence-electron chi connectivity index (χ4n) is 4.00. The van der Waals surface area contributed by atoms with Crippen LogP contribution in [0.1, 0.15) is 42.2 Å². The minimum Gasteiger partial charge on any atom is -0.362 e. The number of fused-ring (bicyclic) bond motifs is 2. The zero-order chi connectivity index (χ0) is 18.2. The van der Waals surface area contributed by atoms with E-state index in [-0.39, 0.29) is 0 Å². The van der Waals surface area contributed by atoms with E-state index in [4.69, 9.17) is 21.6 Å². The van der Waals surface area contributed by atoms with E-state index in [0.717, 1.165) is 66.8 Å². The Hall–Kier alpha value is -2.47. The van der Waals surface area contributed by atoms with Gasteiger partial charge in [-0.3, -0.25) is 0 Å². The van der Waals surface area contributed by atoms with Gasteiger partial charge in [-0.15, -0.1) is 10.2 Å². The SMILES string of the molecule is Clc1cccc(-c2nc3c(c(NCc4nnc5n4CCC5)n2)CCCC3)c1. The molecule has 0 bridgehead atoms. The number of rotatable bonds is 4. The minimum atomic E-state index is 0.630. The molecule has 0 saturated carbocycles. The van der Waals surface area contributed by atoms with Crippen molar-refractivity contribution in [1.82, 2.24) is 24.7 Å². The largest absolute Gasteiger partial charge is 0.362 e. The van der Waals surface area contributed by atoms with Crippen molar-refractivity contribution in [2.45, 2.75) is 51.6 Å². The molecule has 0 spiro atoms. The summed E-state index contributed by atoms with van der Waals surface area (Å²) in [5.41, 5.74) is 3.34. The average Bonchev–Trinajstić information content (AvgIpc) is 3.30. The number of halogens is 1. The van der Waals surface area contributed by atoms with E-state index >= 15 is 0 Å². The highest BCUT2D eigenvalue weighted by Crippen LogP contribution is 2.29. The van der Waals surface area contributed by atoms with Gasteiger partial charge in [0.25, 0.3) is 0 Å². The second kappa shape index (κ2) is 6.93. The van der Waals surface area contributed by atoms with Gasteiger partial charge in [-0.1, -0.05) is 23.7 Å². The number of benzene rings is 1. The van der Waals surface area contributed by atoms with Crippen molar-refractivity contribution in [3.8, 4) is 11.4 Å². The molecule has 5 rings (SSSR count). The third kappa shape index (κ3) is 3.18. The minimum absolute atomic E-state index is 0.630. The molecule has 7 heteroatoms. The van der Waals surface area contributed by atoms with Crippen LogP contribution in [0.2, 0.25) is 5.02 Å². The Morgan fingerprint density at radius 1 is 1.04 bits per heavy atom. The Kier molecular flexibility index (Phi) is 4.28. The van der Waals surface area contributed by atoms with E-state index in [1.54, 1.807) is 0 Å². The summed E-state index contributed by atoms with van der Waals surface area (Å²) in [5.74, 6) is 3.73. The summed E-state index contributed by atoms with van der Waals surface area (Å²) in [4.78, 5) is 9.70. The van der Waals surface area contributed by atoms with E-state index in [2.05, 4.69) is 20.1 Å². The van der Waals surface area contributed by atoms with Crippen LogP contribution in [0.25, 0.3) is 11.4 Å². The molecule has 1 aliphatic carbocycles. The summed E-state index contributed by atoms with van der Waals surface area (Å²) in [7, 11) is 0. The molecule has 27 heavy (non-hydrogen) atoms. The van der Waals surface area contributed by atoms with E-state index in [1.165, 1.54) is 18.4 Å². The van der Waals surface area contributed by atoms with Crippen molar-refractivity contribution in [2.75, 3.05) is 5.32 Å². The number of anilines is 1. The molecule has 138 valence electrons. The van der Waals surface area contributed by atoms with Gasteiger partial charge in [0.1, 0.15) is 11.6 Å². The van der Waals surface area contributed by atoms with Gasteiger partial charge in [-0.05, 0) is 44.2 Å². The normalized spacial score (nSPS) is 15.4. The smallest absolute Gasteiger partial charge is 0.161 e. The lowest BCUT2D eigenvalue weighted by atomic mass is 9.96. The van der Waals surface area contributed by atoms with Crippen LogP contribution in [0.5, 0.6) is 0 Å². The molecule has 2 aromatic heterocycles. The zero-order valence-electron chi connectivity index (χ0n) is 15.1. The number of aryl methyl sites for hydroxylation is 2. The molecule has 1 N–H and O–H groups in total. The van der Waals surface area contributed by atoms with Crippen LogP contribution in [0.4, 0.5) is 5.82 Å². The summed E-state index contributed by atoms with van der Waals surface area (Å²) >= 11 is 6.17. The maximum Gasteiger partial charge on any atom is 0.161 e. The second-order valence-electron chi connectivity index (χ2n) is 7.18. The first-order valence-corrected chi connectivity index (χ1v) is 9.96. The number of aromatic nitrogens is 5. The lowest BCUT2D eigenvalue weighted by Crippen LogP contribution is -2.15. The number of hydrogen-bond donors (Lipinski definition) is 1. The third-order valence-electron chi connectivity index (χ3n) is 5.37. The fraction of sp³-hybridized carbons (Fsp3) is 0.400. The molecule has 1 aromatic carbocycles. The number of nitrogens with one attached hydrogen (secondary N) is 1. The van der Waals surface area contributed by atoms with E-state index in [1.807, 2.05) is 24.3 Å². The molecule has 0 radical (unpaired) electrons. The summed E-state index contributed by atoms with van der Waals surface area (Å²) in [6.45, 7) is 1.64. The number of hydrogen-bond acceptors (Lipinski definition) is 5. The van der Waals surface area contributed by atoms with E-state index in [0.29, 0.717) is 11.6 Å². The highest BCUT2D eigenvalue weighted by molar-refractivity contribution is 6.30. The zero-order valence-corrected chi connectivity index (χ0v) is 15.8. The third-order valence-corrected chi connectivity index (χ3v) is 5.60. The molecule has 0 amide bonds. The molecular weight excluding hydrogens is 360 g/mol. The first kappa shape index (κ1) is 16.7. The summed E-state index contributed by atoms with van der Waals surface area (Å²) in [6, 6.07) is 7.73. The highest BCUT2D eigenvalue weighted by Gasteiger charge is 2.21. The first-order valence-electron chi connectivity index (χ1n) is 9.58. The van der Waals surface area contributed by atoms with Crippen LogP contribution in [0.3, 0.4) is 0 Å². The second-order valence-corrected chi connectivity index (χ2v) is 7.62. The van der Waals surface area contributed by atoms with Crippen LogP contribution >= 0.6 is 11.6 Å². The van der Waals surface area contributed by atoms with Crippen LogP contribution in [0.15, 0.2) is 24.3 Å². The fourth-order valence-corrected chi connectivity index (χ4v) is 4.19. The quantitative estimate of drug-likeness (QED) is 0.745. The molecule has 0 saturated heterocycles. The molecule has 0 atom stereocenters. The monoisotopic (exact) mass is 380 g/mol. The van der Waals surface area contributed by atoms with Crippen LogP contribution in [-0.4, -0.2) is 24.7 Å². The molecule has 2 aliphatic rings. The summed E-state index contributed by atoms with van der Waals surface area (Å²) < 4.78 is 2.22. The highest BCUT2D eigenvalue weighted by atomic mass is 35.5. The van der Waals surface area contributed by atoms with Gasteiger partial charge >= 0.3 is 0 Å². The molecule has 3 heterocycles. The van der Waals surface area contributed by atoms with Gasteiger partial charge in [0.05, 0.1) is 6.54 Å². The topological polar surface area (TPSA) is 68.5 Å². The maximum atomic E-state index is 6.17. The van der Waals surface area contributed by atoms with Gasteiger partial charge in [-0.2, -0.15) is 0 Å². The van der Waals surface area contributed by atoms with Crippen molar-refractivity contribution in [2.24, 2.45) is 0 Å². The Bertz CT molecular complexity index is 996. The van der Waals surface area contributed by atoms with Crippen molar-refractivity contribution in [3.05, 3.63) is 52.2 Å². The first-order chi connectivity index (χ1) is 13.3. The molecule has 1 aliphatic heterocycles. The van der Waals surface area contributed by atoms with Gasteiger partial charge in [-0.25, -0.2) is 9.97 Å². The van der Waals surface area contributed by atoms with E-state index < -0.39 is 0 Å². The maximum absolute atomic E-state index is 6.17. The predicted octanol–water partition coefficient (Wildman–Crippen LogP) is 3.83. The lowest BCUT2D eigenvalue weighted by Gasteiger charge is -2.20. The molecule has 0 fully saturated rings. The molecular formula is C20H21ClN6. The summed E-state index contributed by atoms with van der Waals surface area (Å²) in [6.07, 6.45) is 6.55. The Morgan fingerprint density at radius 3 is 2.89 bits per heavy atom. The average molecular weight is 381 g/mol. The molecule has 0 unspecified atom stereocenters. The van der Waals surface area contributed by atoms with Gasteiger partial charge in [0.15, 0.2) is 11.6 Å². The van der Waals surface area contributed by atoms with Gasteiger partial charge in [0, 0.05) is 34.8 Å². The van der Waals surface area contributed by atoms with Crippen molar-refractivity contribution < 1.29 is 0 Å². The predicted molar refractivity (Wildman–Crippen MR) is 105 cm³/mol. The standard InChI is InChI=1S/C20H21ClN6/c21-14-6-3-5-13(11-14)19-23-16-8-2-1-7-15(16)20(24-19)22-12-18-26-25-17-9-4-10-27(17)18/h3,5-6,11H,1-2,4,7-10,12H2,(H,22,23,24). The van der Waals surface area contributed by atoms with Crippen LogP contribution < -0.4 is 5.32 Å². The number of nitrogens with zero attached hydrogens (tertiary/aromatic N) is 5. The van der Waals surface area contributed by atoms with Gasteiger partial charge < -0.3 is 9.88 Å². The Balaban J connectivity index is 1.49. The van der Waals surface area contributed by atoms with Gasteiger partial charge in [0.2, 0.25) is 0 Å². The Labute approximate surface area is 163 Å². The molecule has 6 nitrogen and oxygen atoms in total. The van der Waals surface area contributed by atoms with Crippen molar-refractivity contribution >= 4 is 17.4 Å². The van der Waals surface area contributed by atoms with Crippen LogP contribution in [-0.2, 0) is 32.4 Å². The van der Waals surface area contributed by atoms with Crippen molar-refractivity contribution in [3.63, 3.8) is 0 Å². The van der Waals surface area contributed by atoms with Crippen LogP contribution in [0, 0.1) is 0 Å². The Morgan fingerprint density at radius 2 is 1.96 bits per heavy atom. The molecule has 3 aromatic rings.